The number of methoxy groups -OCH3 is 1. The molecule has 0 N–H and O–H groups in total. The first-order chi connectivity index (χ1) is 14.8. The minimum Gasteiger partial charge on any atom is -0.497 e. The fourth-order valence-corrected chi connectivity index (χ4v) is 6.64. The van der Waals surface area contributed by atoms with Gasteiger partial charge in [0.25, 0.3) is 5.91 Å². The first kappa shape index (κ1) is 21.7. The number of carbonyl (C=O) groups excluding carboxylic acids is 1. The van der Waals surface area contributed by atoms with Gasteiger partial charge in [-0.05, 0) is 57.0 Å². The van der Waals surface area contributed by atoms with Crippen LogP contribution in [0, 0.1) is 6.92 Å². The topological polar surface area (TPSA) is 81.0 Å². The summed E-state index contributed by atoms with van der Waals surface area (Å²) in [6, 6.07) is 11.7. The molecule has 1 aliphatic rings. The Morgan fingerprint density at radius 2 is 1.97 bits per heavy atom. The lowest BCUT2D eigenvalue weighted by molar-refractivity contribution is -0.121. The zero-order valence-corrected chi connectivity index (χ0v) is 19.4. The smallest absolute Gasteiger partial charge is 0.266 e. The quantitative estimate of drug-likeness (QED) is 0.586. The SMILES string of the molecule is CCn1c(=NC(=O)C2CCCN2S(=O)(=O)c2ccc(C)cc2)sc2cc(OC)ccc21. The molecule has 7 nitrogen and oxygen atoms in total. The number of amides is 1. The maximum atomic E-state index is 13.2. The van der Waals surface area contributed by atoms with Gasteiger partial charge >= 0.3 is 0 Å². The van der Waals surface area contributed by atoms with Gasteiger partial charge in [-0.2, -0.15) is 9.30 Å². The van der Waals surface area contributed by atoms with Gasteiger partial charge in [0.1, 0.15) is 11.8 Å². The molecule has 0 saturated carbocycles. The predicted octanol–water partition coefficient (Wildman–Crippen LogP) is 3.32. The summed E-state index contributed by atoms with van der Waals surface area (Å²) in [5.74, 6) is 0.315. The molecule has 3 aromatic rings. The molecule has 1 amide bonds. The molecule has 0 aliphatic carbocycles. The molecule has 164 valence electrons. The third-order valence-electron chi connectivity index (χ3n) is 5.53. The van der Waals surface area contributed by atoms with Gasteiger partial charge in [0.2, 0.25) is 10.0 Å². The third-order valence-corrected chi connectivity index (χ3v) is 8.49. The second-order valence-electron chi connectivity index (χ2n) is 7.50. The Balaban J connectivity index is 1.70. The van der Waals surface area contributed by atoms with Crippen molar-refractivity contribution in [3.8, 4) is 5.75 Å². The monoisotopic (exact) mass is 459 g/mol. The minimum absolute atomic E-state index is 0.204. The summed E-state index contributed by atoms with van der Waals surface area (Å²) in [6.07, 6.45) is 1.10. The molecule has 1 aliphatic heterocycles. The maximum Gasteiger partial charge on any atom is 0.266 e. The lowest BCUT2D eigenvalue weighted by Gasteiger charge is -2.21. The number of ether oxygens (including phenoxy) is 1. The van der Waals surface area contributed by atoms with Crippen LogP contribution in [-0.2, 0) is 21.4 Å². The number of aromatic nitrogens is 1. The van der Waals surface area contributed by atoms with E-state index in [9.17, 15) is 13.2 Å². The molecule has 1 saturated heterocycles. The Bertz CT molecular complexity index is 1290. The summed E-state index contributed by atoms with van der Waals surface area (Å²) in [6.45, 7) is 4.86. The van der Waals surface area contributed by atoms with E-state index in [-0.39, 0.29) is 4.90 Å². The standard InChI is InChI=1S/C22H25N3O4S2/c1-4-24-18-12-9-16(29-3)14-20(18)30-22(24)23-21(26)19-6-5-13-25(19)31(27,28)17-10-7-15(2)8-11-17/h7-12,14,19H,4-6,13H2,1-3H3. The van der Waals surface area contributed by atoms with Gasteiger partial charge in [-0.3, -0.25) is 4.79 Å². The van der Waals surface area contributed by atoms with Crippen molar-refractivity contribution in [2.24, 2.45) is 4.99 Å². The largest absolute Gasteiger partial charge is 0.497 e. The molecule has 4 rings (SSSR count). The first-order valence-corrected chi connectivity index (χ1v) is 12.4. The van der Waals surface area contributed by atoms with Crippen LogP contribution in [0.4, 0.5) is 0 Å². The average Bonchev–Trinajstić information content (AvgIpc) is 3.38. The van der Waals surface area contributed by atoms with Gasteiger partial charge in [0.05, 0.1) is 22.2 Å². The van der Waals surface area contributed by atoms with Crippen LogP contribution in [0.3, 0.4) is 0 Å². The van der Waals surface area contributed by atoms with E-state index in [1.807, 2.05) is 36.6 Å². The van der Waals surface area contributed by atoms with Gasteiger partial charge < -0.3 is 9.30 Å². The number of hydrogen-bond acceptors (Lipinski definition) is 5. The second kappa shape index (κ2) is 8.57. The normalized spacial score (nSPS) is 18.0. The van der Waals surface area contributed by atoms with Gasteiger partial charge in [-0.1, -0.05) is 29.0 Å². The molecule has 9 heteroatoms. The van der Waals surface area contributed by atoms with Gasteiger partial charge in [0.15, 0.2) is 4.80 Å². The Morgan fingerprint density at radius 1 is 1.23 bits per heavy atom. The number of hydrogen-bond donors (Lipinski definition) is 0. The first-order valence-electron chi connectivity index (χ1n) is 10.2. The molecule has 1 atom stereocenters. The molecular formula is C22H25N3O4S2. The number of rotatable bonds is 5. The van der Waals surface area contributed by atoms with Crippen molar-refractivity contribution in [2.45, 2.75) is 44.2 Å². The lowest BCUT2D eigenvalue weighted by Crippen LogP contribution is -2.40. The molecule has 1 unspecified atom stereocenters. The van der Waals surface area contributed by atoms with Crippen LogP contribution in [0.15, 0.2) is 52.4 Å². The molecule has 1 aromatic heterocycles. The Kier molecular flexibility index (Phi) is 6.00. The number of benzene rings is 2. The van der Waals surface area contributed by atoms with Crippen molar-refractivity contribution >= 4 is 37.5 Å². The molecule has 2 heterocycles. The highest BCUT2D eigenvalue weighted by Gasteiger charge is 2.39. The van der Waals surface area contributed by atoms with Crippen molar-refractivity contribution in [1.82, 2.24) is 8.87 Å². The number of carbonyl (C=O) groups is 1. The third kappa shape index (κ3) is 4.05. The summed E-state index contributed by atoms with van der Waals surface area (Å²) < 4.78 is 35.8. The molecule has 31 heavy (non-hydrogen) atoms. The van der Waals surface area contributed by atoms with E-state index < -0.39 is 22.0 Å². The van der Waals surface area contributed by atoms with Crippen LogP contribution in [0.5, 0.6) is 5.75 Å². The number of fused-ring (bicyclic) bond motifs is 1. The zero-order chi connectivity index (χ0) is 22.2. The van der Waals surface area contributed by atoms with Crippen molar-refractivity contribution in [3.05, 3.63) is 52.8 Å². The van der Waals surface area contributed by atoms with E-state index in [0.29, 0.717) is 30.7 Å². The van der Waals surface area contributed by atoms with Crippen molar-refractivity contribution in [3.63, 3.8) is 0 Å². The van der Waals surface area contributed by atoms with E-state index in [2.05, 4.69) is 4.99 Å². The van der Waals surface area contributed by atoms with Crippen molar-refractivity contribution in [2.75, 3.05) is 13.7 Å². The highest BCUT2D eigenvalue weighted by Crippen LogP contribution is 2.27. The summed E-state index contributed by atoms with van der Waals surface area (Å²) in [5, 5.41) is 0. The summed E-state index contributed by atoms with van der Waals surface area (Å²) in [5.41, 5.74) is 1.95. The molecule has 2 aromatic carbocycles. The van der Waals surface area contributed by atoms with Crippen LogP contribution in [0.2, 0.25) is 0 Å². The Hall–Kier alpha value is -2.49. The van der Waals surface area contributed by atoms with E-state index in [0.717, 1.165) is 21.5 Å². The highest BCUT2D eigenvalue weighted by molar-refractivity contribution is 7.89. The number of nitrogens with zero attached hydrogens (tertiary/aromatic N) is 3. The lowest BCUT2D eigenvalue weighted by atomic mass is 10.2. The van der Waals surface area contributed by atoms with Crippen LogP contribution in [0.1, 0.15) is 25.3 Å². The van der Waals surface area contributed by atoms with Crippen LogP contribution >= 0.6 is 11.3 Å². The van der Waals surface area contributed by atoms with E-state index in [1.165, 1.54) is 15.6 Å². The fraction of sp³-hybridized carbons (Fsp3) is 0.364. The van der Waals surface area contributed by atoms with Crippen molar-refractivity contribution < 1.29 is 17.9 Å². The summed E-state index contributed by atoms with van der Waals surface area (Å²) >= 11 is 1.40. The molecule has 0 bridgehead atoms. The maximum absolute atomic E-state index is 13.2. The number of sulfonamides is 1. The van der Waals surface area contributed by atoms with Gasteiger partial charge in [-0.25, -0.2) is 8.42 Å². The van der Waals surface area contributed by atoms with Gasteiger partial charge in [0, 0.05) is 13.1 Å². The molecule has 0 spiro atoms. The average molecular weight is 460 g/mol. The van der Waals surface area contributed by atoms with E-state index in [1.54, 1.807) is 31.4 Å². The fourth-order valence-electron chi connectivity index (χ4n) is 3.86. The minimum atomic E-state index is -3.76. The van der Waals surface area contributed by atoms with Crippen molar-refractivity contribution in [1.29, 1.82) is 0 Å². The van der Waals surface area contributed by atoms with Crippen LogP contribution in [0.25, 0.3) is 10.2 Å². The summed E-state index contributed by atoms with van der Waals surface area (Å²) in [4.78, 5) is 18.3. The van der Waals surface area contributed by atoms with E-state index >= 15 is 0 Å². The second-order valence-corrected chi connectivity index (χ2v) is 10.4. The Labute approximate surface area is 185 Å². The summed E-state index contributed by atoms with van der Waals surface area (Å²) in [7, 11) is -2.15. The molecule has 1 fully saturated rings. The zero-order valence-electron chi connectivity index (χ0n) is 17.7. The van der Waals surface area contributed by atoms with Gasteiger partial charge in [-0.15, -0.1) is 0 Å². The highest BCUT2D eigenvalue weighted by atomic mass is 32.2. The van der Waals surface area contributed by atoms with Crippen LogP contribution in [-0.4, -0.2) is 42.9 Å². The Morgan fingerprint density at radius 3 is 2.65 bits per heavy atom. The van der Waals surface area contributed by atoms with E-state index in [4.69, 9.17) is 4.74 Å². The predicted molar refractivity (Wildman–Crippen MR) is 121 cm³/mol. The number of thiazole rings is 1. The van der Waals surface area contributed by atoms with Crippen LogP contribution < -0.4 is 9.54 Å². The molecular weight excluding hydrogens is 434 g/mol. The molecule has 0 radical (unpaired) electrons. The number of aryl methyl sites for hydroxylation is 2.